The van der Waals surface area contributed by atoms with Gasteiger partial charge in [0.1, 0.15) is 0 Å². The lowest BCUT2D eigenvalue weighted by molar-refractivity contribution is 0.0341. The largest absolute Gasteiger partial charge is 0.379 e. The Morgan fingerprint density at radius 3 is 2.65 bits per heavy atom. The second-order valence-electron chi connectivity index (χ2n) is 7.12. The molecule has 1 aromatic carbocycles. The highest BCUT2D eigenvalue weighted by molar-refractivity contribution is 14.0. The van der Waals surface area contributed by atoms with Gasteiger partial charge in [-0.1, -0.05) is 37.6 Å². The fraction of sp³-hybridized carbons (Fsp3) is 0.650. The van der Waals surface area contributed by atoms with Gasteiger partial charge >= 0.3 is 0 Å². The van der Waals surface area contributed by atoms with Gasteiger partial charge in [0.15, 0.2) is 5.96 Å². The van der Waals surface area contributed by atoms with Crippen LogP contribution in [0.1, 0.15) is 37.3 Å². The third-order valence-corrected chi connectivity index (χ3v) is 5.19. The first-order chi connectivity index (χ1) is 12.3. The minimum absolute atomic E-state index is 0. The molecule has 146 valence electrons. The maximum Gasteiger partial charge on any atom is 0.191 e. The molecule has 1 aliphatic carbocycles. The van der Waals surface area contributed by atoms with E-state index in [1.807, 2.05) is 7.05 Å². The van der Waals surface area contributed by atoms with E-state index in [4.69, 9.17) is 4.74 Å². The van der Waals surface area contributed by atoms with Crippen LogP contribution >= 0.6 is 24.0 Å². The summed E-state index contributed by atoms with van der Waals surface area (Å²) in [6.45, 7) is 7.79. The summed E-state index contributed by atoms with van der Waals surface area (Å²) in [7, 11) is 1.85. The minimum atomic E-state index is 0. The van der Waals surface area contributed by atoms with Crippen LogP contribution in [-0.2, 0) is 17.8 Å². The maximum absolute atomic E-state index is 5.45. The molecule has 1 aromatic rings. The molecule has 1 heterocycles. The molecule has 5 nitrogen and oxygen atoms in total. The van der Waals surface area contributed by atoms with Gasteiger partial charge < -0.3 is 15.4 Å². The van der Waals surface area contributed by atoms with Crippen LogP contribution in [0.15, 0.2) is 29.3 Å². The summed E-state index contributed by atoms with van der Waals surface area (Å²) in [5.41, 5.74) is 2.74. The smallest absolute Gasteiger partial charge is 0.191 e. The summed E-state index contributed by atoms with van der Waals surface area (Å²) in [6, 6.07) is 9.31. The first-order valence-electron chi connectivity index (χ1n) is 9.64. The number of guanidine groups is 1. The number of rotatable bonds is 7. The van der Waals surface area contributed by atoms with E-state index in [9.17, 15) is 0 Å². The number of hydrogen-bond donors (Lipinski definition) is 2. The Morgan fingerprint density at radius 1 is 1.23 bits per heavy atom. The minimum Gasteiger partial charge on any atom is -0.379 e. The zero-order valence-corrected chi connectivity index (χ0v) is 18.4. The monoisotopic (exact) mass is 472 g/mol. The Morgan fingerprint density at radius 2 is 1.96 bits per heavy atom. The van der Waals surface area contributed by atoms with Crippen LogP contribution in [0.25, 0.3) is 0 Å². The van der Waals surface area contributed by atoms with Gasteiger partial charge in [0, 0.05) is 39.3 Å². The van der Waals surface area contributed by atoms with Gasteiger partial charge in [-0.25, -0.2) is 0 Å². The van der Waals surface area contributed by atoms with Crippen LogP contribution in [0, 0.1) is 5.92 Å². The number of aliphatic imine (C=N–C) groups is 1. The fourth-order valence-electron chi connectivity index (χ4n) is 3.55. The highest BCUT2D eigenvalue weighted by Crippen LogP contribution is 2.34. The van der Waals surface area contributed by atoms with Gasteiger partial charge in [-0.15, -0.1) is 24.0 Å². The molecule has 2 unspecified atom stereocenters. The van der Waals surface area contributed by atoms with Crippen molar-refractivity contribution in [2.75, 3.05) is 33.4 Å². The van der Waals surface area contributed by atoms with E-state index in [2.05, 4.69) is 51.7 Å². The molecular formula is C20H33IN4O. The van der Waals surface area contributed by atoms with Crippen molar-refractivity contribution in [1.82, 2.24) is 15.5 Å². The van der Waals surface area contributed by atoms with Gasteiger partial charge in [-0.3, -0.25) is 9.89 Å². The van der Waals surface area contributed by atoms with Crippen molar-refractivity contribution in [2.24, 2.45) is 10.9 Å². The Hall–Kier alpha value is -0.860. The number of halogens is 1. The van der Waals surface area contributed by atoms with Crippen molar-refractivity contribution < 1.29 is 4.74 Å². The summed E-state index contributed by atoms with van der Waals surface area (Å²) >= 11 is 0. The standard InChI is InChI=1S/C20H32N4O.HI/c1-3-6-16-13-19(16)23-20(21-2)22-14-17-7-4-5-8-18(17)15-24-9-11-25-12-10-24;/h4-5,7-8,16,19H,3,6,9-15H2,1-2H3,(H2,21,22,23);1H. The Labute approximate surface area is 175 Å². The average Bonchev–Trinajstić information content (AvgIpc) is 3.38. The van der Waals surface area contributed by atoms with E-state index < -0.39 is 0 Å². The van der Waals surface area contributed by atoms with Crippen molar-refractivity contribution in [3.8, 4) is 0 Å². The van der Waals surface area contributed by atoms with E-state index in [0.717, 1.165) is 51.3 Å². The molecule has 2 fully saturated rings. The molecule has 0 radical (unpaired) electrons. The fourth-order valence-corrected chi connectivity index (χ4v) is 3.55. The lowest BCUT2D eigenvalue weighted by Crippen LogP contribution is -2.39. The number of nitrogens with one attached hydrogen (secondary N) is 2. The van der Waals surface area contributed by atoms with Crippen LogP contribution in [-0.4, -0.2) is 50.3 Å². The van der Waals surface area contributed by atoms with E-state index in [1.165, 1.54) is 30.4 Å². The third-order valence-electron chi connectivity index (χ3n) is 5.19. The maximum atomic E-state index is 5.45. The molecule has 1 saturated heterocycles. The van der Waals surface area contributed by atoms with Crippen molar-refractivity contribution in [3.63, 3.8) is 0 Å². The van der Waals surface area contributed by atoms with E-state index in [-0.39, 0.29) is 24.0 Å². The molecule has 1 aliphatic heterocycles. The molecule has 0 aromatic heterocycles. The van der Waals surface area contributed by atoms with E-state index in [1.54, 1.807) is 0 Å². The normalized spacial score (nSPS) is 23.2. The zero-order valence-electron chi connectivity index (χ0n) is 16.0. The molecule has 1 saturated carbocycles. The van der Waals surface area contributed by atoms with Crippen LogP contribution in [0.5, 0.6) is 0 Å². The number of nitrogens with zero attached hydrogens (tertiary/aromatic N) is 2. The van der Waals surface area contributed by atoms with Crippen LogP contribution < -0.4 is 10.6 Å². The Bertz CT molecular complexity index is 575. The molecule has 0 spiro atoms. The molecule has 2 aliphatic rings. The van der Waals surface area contributed by atoms with E-state index in [0.29, 0.717) is 6.04 Å². The summed E-state index contributed by atoms with van der Waals surface area (Å²) in [5, 5.41) is 7.05. The van der Waals surface area contributed by atoms with E-state index >= 15 is 0 Å². The van der Waals surface area contributed by atoms with Crippen LogP contribution in [0.3, 0.4) is 0 Å². The van der Waals surface area contributed by atoms with Crippen molar-refractivity contribution in [2.45, 2.75) is 45.3 Å². The van der Waals surface area contributed by atoms with Crippen LogP contribution in [0.4, 0.5) is 0 Å². The van der Waals surface area contributed by atoms with Gasteiger partial charge in [-0.2, -0.15) is 0 Å². The Kier molecular flexibility index (Phi) is 9.15. The molecular weight excluding hydrogens is 439 g/mol. The molecule has 0 bridgehead atoms. The predicted octanol–water partition coefficient (Wildman–Crippen LogP) is 2.99. The van der Waals surface area contributed by atoms with Crippen molar-refractivity contribution in [1.29, 1.82) is 0 Å². The van der Waals surface area contributed by atoms with Crippen molar-refractivity contribution >= 4 is 29.9 Å². The second kappa shape index (κ2) is 11.1. The molecule has 2 atom stereocenters. The lowest BCUT2D eigenvalue weighted by atomic mass is 10.1. The lowest BCUT2D eigenvalue weighted by Gasteiger charge is -2.27. The SMILES string of the molecule is CCCC1CC1NC(=NC)NCc1ccccc1CN1CCOCC1.I. The second-order valence-corrected chi connectivity index (χ2v) is 7.12. The Balaban J connectivity index is 0.00000243. The number of morpholine rings is 1. The molecule has 0 amide bonds. The van der Waals surface area contributed by atoms with Gasteiger partial charge in [-0.05, 0) is 29.9 Å². The first-order valence-corrected chi connectivity index (χ1v) is 9.64. The van der Waals surface area contributed by atoms with Gasteiger partial charge in [0.25, 0.3) is 0 Å². The quantitative estimate of drug-likeness (QED) is 0.364. The highest BCUT2D eigenvalue weighted by Gasteiger charge is 2.36. The molecule has 26 heavy (non-hydrogen) atoms. The summed E-state index contributed by atoms with van der Waals surface area (Å²) < 4.78 is 5.45. The molecule has 6 heteroatoms. The zero-order chi connectivity index (χ0) is 17.5. The average molecular weight is 472 g/mol. The summed E-state index contributed by atoms with van der Waals surface area (Å²) in [5.74, 6) is 1.75. The summed E-state index contributed by atoms with van der Waals surface area (Å²) in [6.07, 6.45) is 3.86. The number of hydrogen-bond acceptors (Lipinski definition) is 3. The van der Waals surface area contributed by atoms with Gasteiger partial charge in [0.05, 0.1) is 13.2 Å². The number of benzene rings is 1. The predicted molar refractivity (Wildman–Crippen MR) is 118 cm³/mol. The summed E-state index contributed by atoms with van der Waals surface area (Å²) in [4.78, 5) is 6.86. The topological polar surface area (TPSA) is 48.9 Å². The highest BCUT2D eigenvalue weighted by atomic mass is 127. The molecule has 2 N–H and O–H groups in total. The van der Waals surface area contributed by atoms with Crippen LogP contribution in [0.2, 0.25) is 0 Å². The third kappa shape index (κ3) is 6.39. The molecule has 3 rings (SSSR count). The first kappa shape index (κ1) is 21.4. The number of ether oxygens (including phenoxy) is 1. The van der Waals surface area contributed by atoms with Crippen molar-refractivity contribution in [3.05, 3.63) is 35.4 Å². The van der Waals surface area contributed by atoms with Gasteiger partial charge in [0.2, 0.25) is 0 Å².